The lowest BCUT2D eigenvalue weighted by atomic mass is 9.95. The van der Waals surface area contributed by atoms with Crippen LogP contribution in [0.15, 0.2) is 89.8 Å². The summed E-state index contributed by atoms with van der Waals surface area (Å²) in [5.41, 5.74) is 8.98. The molecular formula is C22H24N2O2S. The lowest BCUT2D eigenvalue weighted by Gasteiger charge is -2.26. The number of sulfonamides is 1. The van der Waals surface area contributed by atoms with Crippen LogP contribution in [0.4, 0.5) is 0 Å². The summed E-state index contributed by atoms with van der Waals surface area (Å²) < 4.78 is 29.2. The van der Waals surface area contributed by atoms with E-state index in [1.165, 1.54) is 0 Å². The monoisotopic (exact) mass is 380 g/mol. The van der Waals surface area contributed by atoms with Crippen molar-refractivity contribution in [2.45, 2.75) is 30.3 Å². The molecule has 2 unspecified atom stereocenters. The van der Waals surface area contributed by atoms with Crippen molar-refractivity contribution >= 4 is 10.0 Å². The third kappa shape index (κ3) is 4.45. The van der Waals surface area contributed by atoms with Crippen molar-refractivity contribution in [1.29, 1.82) is 0 Å². The van der Waals surface area contributed by atoms with Crippen molar-refractivity contribution < 1.29 is 8.42 Å². The van der Waals surface area contributed by atoms with Crippen LogP contribution in [0.25, 0.3) is 0 Å². The Morgan fingerprint density at radius 2 is 1.33 bits per heavy atom. The molecule has 5 heteroatoms. The first-order valence-corrected chi connectivity index (χ1v) is 10.5. The molecule has 3 N–H and O–H groups in total. The molecule has 0 aliphatic rings. The molecule has 0 saturated heterocycles. The topological polar surface area (TPSA) is 72.2 Å². The summed E-state index contributed by atoms with van der Waals surface area (Å²) >= 11 is 0. The summed E-state index contributed by atoms with van der Waals surface area (Å²) in [5.74, 6) is 0. The first-order valence-electron chi connectivity index (χ1n) is 8.98. The molecule has 0 aliphatic carbocycles. The summed E-state index contributed by atoms with van der Waals surface area (Å²) in [4.78, 5) is 0.300. The first kappa shape index (κ1) is 19.3. The Balaban J connectivity index is 2.01. The van der Waals surface area contributed by atoms with Crippen LogP contribution in [0.2, 0.25) is 0 Å². The highest BCUT2D eigenvalue weighted by atomic mass is 32.2. The summed E-state index contributed by atoms with van der Waals surface area (Å²) in [7, 11) is -3.73. The average Bonchev–Trinajstić information content (AvgIpc) is 2.73. The lowest BCUT2D eigenvalue weighted by Crippen LogP contribution is -2.36. The minimum absolute atomic E-state index is 0.300. The molecule has 3 aromatic rings. The highest BCUT2D eigenvalue weighted by molar-refractivity contribution is 7.89. The Morgan fingerprint density at radius 1 is 0.815 bits per heavy atom. The molecule has 0 amide bonds. The highest BCUT2D eigenvalue weighted by Crippen LogP contribution is 2.29. The van der Waals surface area contributed by atoms with E-state index in [2.05, 4.69) is 4.72 Å². The van der Waals surface area contributed by atoms with Crippen LogP contribution < -0.4 is 10.5 Å². The Hall–Kier alpha value is -2.47. The van der Waals surface area contributed by atoms with Crippen molar-refractivity contribution in [1.82, 2.24) is 4.72 Å². The van der Waals surface area contributed by atoms with Gasteiger partial charge in [-0.2, -0.15) is 0 Å². The molecule has 0 heterocycles. The molecule has 0 saturated carbocycles. The molecule has 0 aliphatic heterocycles. The van der Waals surface area contributed by atoms with Gasteiger partial charge in [0.25, 0.3) is 0 Å². The number of hydrogen-bond acceptors (Lipinski definition) is 3. The molecular weight excluding hydrogens is 356 g/mol. The maximum Gasteiger partial charge on any atom is 0.241 e. The summed E-state index contributed by atoms with van der Waals surface area (Å²) in [6.07, 6.45) is 0.637. The van der Waals surface area contributed by atoms with Gasteiger partial charge in [-0.3, -0.25) is 0 Å². The Labute approximate surface area is 161 Å². The van der Waals surface area contributed by atoms with E-state index >= 15 is 0 Å². The van der Waals surface area contributed by atoms with E-state index in [0.717, 1.165) is 16.7 Å². The number of aryl methyl sites for hydroxylation is 1. The fourth-order valence-electron chi connectivity index (χ4n) is 3.17. The number of nitrogens with one attached hydrogen (secondary N) is 1. The van der Waals surface area contributed by atoms with Crippen LogP contribution in [-0.2, 0) is 16.4 Å². The molecule has 0 spiro atoms. The molecule has 0 radical (unpaired) electrons. The molecule has 0 fully saturated rings. The standard InChI is InChI=1S/C22H24N2O2S/c1-2-17-11-9-10-16-20(17)27(25,26)24-22(19-14-7-4-8-15-19)21(23)18-12-5-3-6-13-18/h3-16,21-22,24H,2,23H2,1H3. The van der Waals surface area contributed by atoms with E-state index in [9.17, 15) is 8.42 Å². The second-order valence-electron chi connectivity index (χ2n) is 6.41. The zero-order chi connectivity index (χ0) is 19.3. The smallest absolute Gasteiger partial charge is 0.241 e. The van der Waals surface area contributed by atoms with Crippen molar-refractivity contribution in [2.24, 2.45) is 5.73 Å². The number of rotatable bonds is 7. The quantitative estimate of drug-likeness (QED) is 0.651. The van der Waals surface area contributed by atoms with Gasteiger partial charge in [0.1, 0.15) is 0 Å². The molecule has 0 bridgehead atoms. The van der Waals surface area contributed by atoms with Gasteiger partial charge in [0.2, 0.25) is 10.0 Å². The largest absolute Gasteiger partial charge is 0.322 e. The third-order valence-electron chi connectivity index (χ3n) is 4.63. The van der Waals surface area contributed by atoms with E-state index in [1.807, 2.05) is 79.7 Å². The zero-order valence-electron chi connectivity index (χ0n) is 15.2. The number of hydrogen-bond donors (Lipinski definition) is 2. The fraction of sp³-hybridized carbons (Fsp3) is 0.182. The van der Waals surface area contributed by atoms with E-state index in [0.29, 0.717) is 11.3 Å². The Morgan fingerprint density at radius 3 is 1.93 bits per heavy atom. The van der Waals surface area contributed by atoms with Crippen molar-refractivity contribution in [3.05, 3.63) is 102 Å². The predicted molar refractivity (Wildman–Crippen MR) is 109 cm³/mol. The Bertz CT molecular complexity index is 973. The number of nitrogens with two attached hydrogens (primary N) is 1. The van der Waals surface area contributed by atoms with Gasteiger partial charge in [-0.25, -0.2) is 13.1 Å². The maximum absolute atomic E-state index is 13.2. The summed E-state index contributed by atoms with van der Waals surface area (Å²) in [6.45, 7) is 1.94. The molecule has 140 valence electrons. The van der Waals surface area contributed by atoms with Crippen LogP contribution in [-0.4, -0.2) is 8.42 Å². The molecule has 3 aromatic carbocycles. The minimum atomic E-state index is -3.73. The predicted octanol–water partition coefficient (Wildman–Crippen LogP) is 3.97. The minimum Gasteiger partial charge on any atom is -0.322 e. The van der Waals surface area contributed by atoms with E-state index in [4.69, 9.17) is 5.73 Å². The van der Waals surface area contributed by atoms with Crippen LogP contribution in [0.5, 0.6) is 0 Å². The number of benzene rings is 3. The summed E-state index contributed by atoms with van der Waals surface area (Å²) in [6, 6.07) is 24.9. The van der Waals surface area contributed by atoms with Gasteiger partial charge in [0.15, 0.2) is 0 Å². The van der Waals surface area contributed by atoms with Crippen LogP contribution in [0.1, 0.15) is 35.7 Å². The van der Waals surface area contributed by atoms with E-state index < -0.39 is 22.1 Å². The van der Waals surface area contributed by atoms with Crippen molar-refractivity contribution in [3.8, 4) is 0 Å². The van der Waals surface area contributed by atoms with Gasteiger partial charge < -0.3 is 5.73 Å². The van der Waals surface area contributed by atoms with Gasteiger partial charge >= 0.3 is 0 Å². The zero-order valence-corrected chi connectivity index (χ0v) is 16.1. The molecule has 2 atom stereocenters. The molecule has 3 rings (SSSR count). The van der Waals surface area contributed by atoms with Crippen molar-refractivity contribution in [2.75, 3.05) is 0 Å². The average molecular weight is 381 g/mol. The van der Waals surface area contributed by atoms with Gasteiger partial charge in [-0.15, -0.1) is 0 Å². The Kier molecular flexibility index (Phi) is 6.06. The van der Waals surface area contributed by atoms with Crippen molar-refractivity contribution in [3.63, 3.8) is 0 Å². The maximum atomic E-state index is 13.2. The van der Waals surface area contributed by atoms with E-state index in [-0.39, 0.29) is 0 Å². The second kappa shape index (κ2) is 8.48. The third-order valence-corrected chi connectivity index (χ3v) is 6.17. The van der Waals surface area contributed by atoms with Crippen LogP contribution in [0.3, 0.4) is 0 Å². The fourth-order valence-corrected chi connectivity index (χ4v) is 4.72. The normalized spacial score (nSPS) is 13.9. The van der Waals surface area contributed by atoms with Gasteiger partial charge in [0, 0.05) is 0 Å². The lowest BCUT2D eigenvalue weighted by molar-refractivity contribution is 0.503. The van der Waals surface area contributed by atoms with E-state index in [1.54, 1.807) is 12.1 Å². The van der Waals surface area contributed by atoms with Crippen LogP contribution in [0, 0.1) is 0 Å². The van der Waals surface area contributed by atoms with Gasteiger partial charge in [-0.1, -0.05) is 85.8 Å². The molecule has 0 aromatic heterocycles. The van der Waals surface area contributed by atoms with Gasteiger partial charge in [0.05, 0.1) is 17.0 Å². The van der Waals surface area contributed by atoms with Crippen LogP contribution >= 0.6 is 0 Å². The molecule has 4 nitrogen and oxygen atoms in total. The highest BCUT2D eigenvalue weighted by Gasteiger charge is 2.28. The molecule has 27 heavy (non-hydrogen) atoms. The first-order chi connectivity index (χ1) is 13.0. The second-order valence-corrected chi connectivity index (χ2v) is 8.09. The SMILES string of the molecule is CCc1ccccc1S(=O)(=O)NC(c1ccccc1)C(N)c1ccccc1. The van der Waals surface area contributed by atoms with Gasteiger partial charge in [-0.05, 0) is 29.2 Å². The summed E-state index contributed by atoms with van der Waals surface area (Å²) in [5, 5.41) is 0.